The van der Waals surface area contributed by atoms with E-state index in [1.165, 1.54) is 4.90 Å². The van der Waals surface area contributed by atoms with Crippen LogP contribution in [0.25, 0.3) is 0 Å². The predicted molar refractivity (Wildman–Crippen MR) is 90.9 cm³/mol. The van der Waals surface area contributed by atoms with Crippen LogP contribution < -0.4 is 5.32 Å². The third-order valence-corrected chi connectivity index (χ3v) is 5.60. The Hall–Kier alpha value is -1.67. The van der Waals surface area contributed by atoms with Crippen LogP contribution in [0.15, 0.2) is 0 Å². The topological polar surface area (TPSA) is 105 Å². The molecule has 0 radical (unpaired) electrons. The Morgan fingerprint density at radius 3 is 2.81 bits per heavy atom. The molecule has 26 heavy (non-hydrogen) atoms. The van der Waals surface area contributed by atoms with Gasteiger partial charge in [0.1, 0.15) is 11.6 Å². The number of hydrogen-bond donors (Lipinski definition) is 2. The monoisotopic (exact) mass is 368 g/mol. The van der Waals surface area contributed by atoms with Crippen molar-refractivity contribution in [2.45, 2.75) is 63.8 Å². The second kappa shape index (κ2) is 7.15. The largest absolute Gasteiger partial charge is 0.466 e. The highest BCUT2D eigenvalue weighted by molar-refractivity contribution is 5.98. The average molecular weight is 368 g/mol. The second-order valence-corrected chi connectivity index (χ2v) is 7.58. The Labute approximate surface area is 153 Å². The number of hydrogen-bond acceptors (Lipinski definition) is 6. The SMILES string of the molecule is CCOC(=O)[C@@H]1[C@@H]2CCC3(O2)C(C(=O)NC(C)C)N(CCCO)C(=O)[C@H]13. The number of carbonyl (C=O) groups excluding carboxylic acids is 3. The maximum absolute atomic E-state index is 13.2. The predicted octanol–water partition coefficient (Wildman–Crippen LogP) is -0.169. The summed E-state index contributed by atoms with van der Waals surface area (Å²) < 4.78 is 11.4. The number of nitrogens with zero attached hydrogens (tertiary/aromatic N) is 1. The number of rotatable bonds is 7. The Morgan fingerprint density at radius 2 is 2.19 bits per heavy atom. The van der Waals surface area contributed by atoms with Crippen molar-refractivity contribution in [3.8, 4) is 0 Å². The molecule has 3 aliphatic rings. The highest BCUT2D eigenvalue weighted by Gasteiger charge is 2.74. The van der Waals surface area contributed by atoms with Crippen LogP contribution in [0.5, 0.6) is 0 Å². The fourth-order valence-corrected chi connectivity index (χ4v) is 4.80. The molecule has 146 valence electrons. The lowest BCUT2D eigenvalue weighted by Crippen LogP contribution is -2.56. The molecule has 2 amide bonds. The van der Waals surface area contributed by atoms with Gasteiger partial charge in [-0.15, -0.1) is 0 Å². The molecule has 0 aromatic rings. The van der Waals surface area contributed by atoms with Crippen LogP contribution in [0.2, 0.25) is 0 Å². The lowest BCUT2D eigenvalue weighted by Gasteiger charge is -2.33. The average Bonchev–Trinajstić information content (AvgIpc) is 3.20. The molecule has 2 N–H and O–H groups in total. The molecule has 8 nitrogen and oxygen atoms in total. The van der Waals surface area contributed by atoms with Crippen LogP contribution in [0.1, 0.15) is 40.0 Å². The molecule has 3 heterocycles. The summed E-state index contributed by atoms with van der Waals surface area (Å²) in [6.07, 6.45) is 1.19. The maximum Gasteiger partial charge on any atom is 0.312 e. The Kier molecular flexibility index (Phi) is 5.25. The lowest BCUT2D eigenvalue weighted by molar-refractivity contribution is -0.154. The number of ether oxygens (including phenoxy) is 2. The van der Waals surface area contributed by atoms with Crippen LogP contribution in [0, 0.1) is 11.8 Å². The van der Waals surface area contributed by atoms with Gasteiger partial charge in [0, 0.05) is 19.2 Å². The van der Waals surface area contributed by atoms with E-state index in [1.807, 2.05) is 13.8 Å². The van der Waals surface area contributed by atoms with Crippen molar-refractivity contribution in [2.75, 3.05) is 19.8 Å². The van der Waals surface area contributed by atoms with Crippen LogP contribution in [-0.2, 0) is 23.9 Å². The minimum Gasteiger partial charge on any atom is -0.466 e. The van der Waals surface area contributed by atoms with Crippen LogP contribution in [0.3, 0.4) is 0 Å². The smallest absolute Gasteiger partial charge is 0.312 e. The minimum atomic E-state index is -0.979. The molecule has 3 fully saturated rings. The first kappa shape index (κ1) is 19.1. The van der Waals surface area contributed by atoms with Crippen molar-refractivity contribution in [1.29, 1.82) is 0 Å². The second-order valence-electron chi connectivity index (χ2n) is 7.58. The summed E-state index contributed by atoms with van der Waals surface area (Å²) in [6.45, 7) is 5.86. The first-order valence-corrected chi connectivity index (χ1v) is 9.43. The summed E-state index contributed by atoms with van der Waals surface area (Å²) in [6, 6.07) is -0.856. The van der Waals surface area contributed by atoms with Gasteiger partial charge in [-0.2, -0.15) is 0 Å². The van der Waals surface area contributed by atoms with Gasteiger partial charge in [0.2, 0.25) is 11.8 Å². The van der Waals surface area contributed by atoms with E-state index < -0.39 is 29.4 Å². The van der Waals surface area contributed by atoms with Gasteiger partial charge in [-0.25, -0.2) is 0 Å². The molecule has 1 spiro atoms. The molecule has 3 aliphatic heterocycles. The van der Waals surface area contributed by atoms with Crippen LogP contribution in [0.4, 0.5) is 0 Å². The van der Waals surface area contributed by atoms with Crippen molar-refractivity contribution in [2.24, 2.45) is 11.8 Å². The quantitative estimate of drug-likeness (QED) is 0.605. The van der Waals surface area contributed by atoms with Gasteiger partial charge in [-0.05, 0) is 40.0 Å². The molecule has 3 rings (SSSR count). The highest BCUT2D eigenvalue weighted by Crippen LogP contribution is 2.58. The van der Waals surface area contributed by atoms with Crippen molar-refractivity contribution >= 4 is 17.8 Å². The fraction of sp³-hybridized carbons (Fsp3) is 0.833. The molecule has 8 heteroatoms. The van der Waals surface area contributed by atoms with Gasteiger partial charge in [-0.3, -0.25) is 14.4 Å². The van der Waals surface area contributed by atoms with E-state index in [0.717, 1.165) is 0 Å². The van der Waals surface area contributed by atoms with E-state index in [0.29, 0.717) is 19.3 Å². The number of esters is 1. The van der Waals surface area contributed by atoms with Gasteiger partial charge >= 0.3 is 5.97 Å². The number of nitrogens with one attached hydrogen (secondary N) is 1. The Balaban J connectivity index is 1.96. The summed E-state index contributed by atoms with van der Waals surface area (Å²) in [5.74, 6) is -2.29. The molecule has 0 aromatic heterocycles. The zero-order valence-electron chi connectivity index (χ0n) is 15.6. The summed E-state index contributed by atoms with van der Waals surface area (Å²) >= 11 is 0. The standard InChI is InChI=1S/C18H28N2O6/c1-4-25-17(24)12-11-6-7-18(26-11)13(12)16(23)20(8-5-9-21)14(18)15(22)19-10(2)3/h10-14,21H,4-9H2,1-3H3,(H,19,22)/t11-,12+,13-,14?,18?/m0/s1. The Bertz CT molecular complexity index is 594. The fourth-order valence-electron chi connectivity index (χ4n) is 4.80. The molecule has 0 aromatic carbocycles. The molecule has 2 bridgehead atoms. The number of aliphatic hydroxyl groups excluding tert-OH is 1. The van der Waals surface area contributed by atoms with Gasteiger partial charge in [0.25, 0.3) is 0 Å². The first-order chi connectivity index (χ1) is 12.4. The van der Waals surface area contributed by atoms with Crippen molar-refractivity contribution in [3.05, 3.63) is 0 Å². The van der Waals surface area contributed by atoms with Crippen LogP contribution in [-0.4, -0.2) is 71.3 Å². The van der Waals surface area contributed by atoms with Crippen LogP contribution >= 0.6 is 0 Å². The summed E-state index contributed by atoms with van der Waals surface area (Å²) in [5, 5.41) is 12.1. The Morgan fingerprint density at radius 1 is 1.46 bits per heavy atom. The maximum atomic E-state index is 13.2. The molecular formula is C18H28N2O6. The highest BCUT2D eigenvalue weighted by atomic mass is 16.6. The van der Waals surface area contributed by atoms with Crippen molar-refractivity contribution in [3.63, 3.8) is 0 Å². The summed E-state index contributed by atoms with van der Waals surface area (Å²) in [4.78, 5) is 40.1. The number of likely N-dealkylation sites (tertiary alicyclic amines) is 1. The van der Waals surface area contributed by atoms with Gasteiger partial charge < -0.3 is 24.8 Å². The number of fused-ring (bicyclic) bond motifs is 1. The zero-order chi connectivity index (χ0) is 19.1. The van der Waals surface area contributed by atoms with E-state index in [4.69, 9.17) is 9.47 Å². The van der Waals surface area contributed by atoms with E-state index in [-0.39, 0.29) is 43.7 Å². The molecule has 0 aliphatic carbocycles. The number of aliphatic hydroxyl groups is 1. The number of amides is 2. The molecule has 5 atom stereocenters. The van der Waals surface area contributed by atoms with Gasteiger partial charge in [-0.1, -0.05) is 0 Å². The minimum absolute atomic E-state index is 0.0767. The summed E-state index contributed by atoms with van der Waals surface area (Å²) in [7, 11) is 0. The van der Waals surface area contributed by atoms with Gasteiger partial charge in [0.05, 0.1) is 24.5 Å². The molecule has 3 saturated heterocycles. The van der Waals surface area contributed by atoms with E-state index in [9.17, 15) is 19.5 Å². The van der Waals surface area contributed by atoms with E-state index >= 15 is 0 Å². The summed E-state index contributed by atoms with van der Waals surface area (Å²) in [5.41, 5.74) is -0.979. The molecule has 2 unspecified atom stereocenters. The van der Waals surface area contributed by atoms with E-state index in [1.54, 1.807) is 6.92 Å². The first-order valence-electron chi connectivity index (χ1n) is 9.43. The zero-order valence-corrected chi connectivity index (χ0v) is 15.6. The van der Waals surface area contributed by atoms with Crippen molar-refractivity contribution < 1.29 is 29.0 Å². The third kappa shape index (κ3) is 2.79. The molecular weight excluding hydrogens is 340 g/mol. The van der Waals surface area contributed by atoms with Crippen molar-refractivity contribution in [1.82, 2.24) is 10.2 Å². The van der Waals surface area contributed by atoms with Gasteiger partial charge in [0.15, 0.2) is 0 Å². The van der Waals surface area contributed by atoms with E-state index in [2.05, 4.69) is 5.32 Å². The number of carbonyl (C=O) groups is 3. The third-order valence-electron chi connectivity index (χ3n) is 5.60. The normalized spacial score (nSPS) is 35.1. The molecule has 0 saturated carbocycles. The lowest BCUT2D eigenvalue weighted by atomic mass is 9.70.